The number of benzene rings is 2. The van der Waals surface area contributed by atoms with Crippen molar-refractivity contribution in [3.8, 4) is 11.5 Å². The molecule has 6 nitrogen and oxygen atoms in total. The first-order valence-corrected chi connectivity index (χ1v) is 9.73. The van der Waals surface area contributed by atoms with Crippen LogP contribution < -0.4 is 14.8 Å². The summed E-state index contributed by atoms with van der Waals surface area (Å²) in [7, 11) is 0. The Balaban J connectivity index is 1.36. The molecule has 1 fully saturated rings. The van der Waals surface area contributed by atoms with Gasteiger partial charge in [-0.2, -0.15) is 0 Å². The third-order valence-corrected chi connectivity index (χ3v) is 5.39. The van der Waals surface area contributed by atoms with Crippen LogP contribution in [-0.2, 0) is 4.79 Å². The lowest BCUT2D eigenvalue weighted by Crippen LogP contribution is -2.18. The van der Waals surface area contributed by atoms with Crippen LogP contribution in [0.15, 0.2) is 40.8 Å². The van der Waals surface area contributed by atoms with Crippen LogP contribution >= 0.6 is 0 Å². The normalized spacial score (nSPS) is 16.8. The molecule has 1 N–H and O–H groups in total. The van der Waals surface area contributed by atoms with Crippen LogP contribution in [0.1, 0.15) is 36.6 Å². The lowest BCUT2D eigenvalue weighted by molar-refractivity contribution is -0.116. The smallest absolute Gasteiger partial charge is 0.225 e. The van der Waals surface area contributed by atoms with Crippen LogP contribution in [0.25, 0.3) is 11.1 Å². The number of fused-ring (bicyclic) bond motifs is 2. The Bertz CT molecular complexity index is 1040. The summed E-state index contributed by atoms with van der Waals surface area (Å²) in [5.74, 6) is 2.83. The predicted octanol–water partition coefficient (Wildman–Crippen LogP) is 4.43. The number of carbonyl (C=O) groups excluding carboxylic acids is 1. The predicted molar refractivity (Wildman–Crippen MR) is 105 cm³/mol. The molecule has 2 heterocycles. The molecule has 1 unspecified atom stereocenters. The molecule has 0 spiro atoms. The summed E-state index contributed by atoms with van der Waals surface area (Å²) in [6.07, 6.45) is 2.74. The summed E-state index contributed by atoms with van der Waals surface area (Å²) in [5.41, 5.74) is 3.17. The second-order valence-electron chi connectivity index (χ2n) is 7.49. The number of amides is 1. The fraction of sp³-hybridized carbons (Fsp3) is 0.364. The Morgan fingerprint density at radius 1 is 1.18 bits per heavy atom. The highest BCUT2D eigenvalue weighted by molar-refractivity contribution is 5.98. The molecule has 2 aliphatic rings. The number of nitrogens with one attached hydrogen (secondary N) is 1. The first-order chi connectivity index (χ1) is 13.7. The van der Waals surface area contributed by atoms with E-state index in [4.69, 9.17) is 13.9 Å². The van der Waals surface area contributed by atoms with E-state index in [0.29, 0.717) is 42.7 Å². The number of hydrogen-bond donors (Lipinski definition) is 1. The average Bonchev–Trinajstić information content (AvgIpc) is 3.46. The molecule has 1 aliphatic carbocycles. The van der Waals surface area contributed by atoms with E-state index >= 15 is 0 Å². The number of aromatic nitrogens is 1. The molecular formula is C22H22N2O4. The molecule has 144 valence electrons. The highest BCUT2D eigenvalue weighted by Crippen LogP contribution is 2.46. The first-order valence-electron chi connectivity index (χ1n) is 9.73. The topological polar surface area (TPSA) is 73.6 Å². The van der Waals surface area contributed by atoms with E-state index in [1.165, 1.54) is 0 Å². The fourth-order valence-electron chi connectivity index (χ4n) is 3.91. The lowest BCUT2D eigenvalue weighted by Gasteiger charge is -2.22. The Kier molecular flexibility index (Phi) is 4.19. The zero-order valence-electron chi connectivity index (χ0n) is 15.7. The van der Waals surface area contributed by atoms with Gasteiger partial charge in [-0.15, -0.1) is 0 Å². The van der Waals surface area contributed by atoms with Crippen molar-refractivity contribution in [3.05, 3.63) is 47.9 Å². The fourth-order valence-corrected chi connectivity index (χ4v) is 3.91. The van der Waals surface area contributed by atoms with Crippen molar-refractivity contribution in [1.29, 1.82) is 0 Å². The summed E-state index contributed by atoms with van der Waals surface area (Å²) in [5, 5.41) is 3.01. The number of rotatable bonds is 5. The van der Waals surface area contributed by atoms with Crippen LogP contribution in [0.3, 0.4) is 0 Å². The van der Waals surface area contributed by atoms with Crippen molar-refractivity contribution in [2.45, 2.75) is 32.1 Å². The highest BCUT2D eigenvalue weighted by atomic mass is 16.6. The van der Waals surface area contributed by atoms with E-state index in [0.717, 1.165) is 35.4 Å². The number of anilines is 1. The molecule has 1 aliphatic heterocycles. The largest absolute Gasteiger partial charge is 0.486 e. The van der Waals surface area contributed by atoms with Crippen LogP contribution in [0.5, 0.6) is 11.5 Å². The minimum Gasteiger partial charge on any atom is -0.486 e. The number of carbonyl (C=O) groups is 1. The maximum absolute atomic E-state index is 12.8. The third kappa shape index (κ3) is 3.30. The molecule has 0 radical (unpaired) electrons. The van der Waals surface area contributed by atoms with E-state index in [-0.39, 0.29) is 11.8 Å². The average molecular weight is 378 g/mol. The van der Waals surface area contributed by atoms with Gasteiger partial charge in [-0.3, -0.25) is 4.79 Å². The minimum absolute atomic E-state index is 0.0201. The van der Waals surface area contributed by atoms with Gasteiger partial charge in [0, 0.05) is 13.3 Å². The zero-order chi connectivity index (χ0) is 19.1. The van der Waals surface area contributed by atoms with Crippen LogP contribution in [0.2, 0.25) is 0 Å². The minimum atomic E-state index is -0.0201. The summed E-state index contributed by atoms with van der Waals surface area (Å²) in [6, 6.07) is 11.6. The second kappa shape index (κ2) is 6.86. The van der Waals surface area contributed by atoms with E-state index in [2.05, 4.69) is 16.4 Å². The van der Waals surface area contributed by atoms with Gasteiger partial charge >= 0.3 is 0 Å². The Hall–Kier alpha value is -3.02. The van der Waals surface area contributed by atoms with Gasteiger partial charge < -0.3 is 19.2 Å². The molecule has 28 heavy (non-hydrogen) atoms. The standard InChI is InChI=1S/C22H22N2O4/c1-13-23-17-3-2-4-18(22(17)28-13)24-21(25)12-16(14-5-6-14)15-7-8-19-20(11-15)27-10-9-26-19/h2-4,7-8,11,14,16H,5-6,9-10,12H2,1H3,(H,24,25). The molecule has 1 aromatic heterocycles. The van der Waals surface area contributed by atoms with Crippen molar-refractivity contribution in [3.63, 3.8) is 0 Å². The third-order valence-electron chi connectivity index (χ3n) is 5.39. The molecule has 0 saturated heterocycles. The number of hydrogen-bond acceptors (Lipinski definition) is 5. The number of oxazole rings is 1. The van der Waals surface area contributed by atoms with Crippen LogP contribution in [-0.4, -0.2) is 24.1 Å². The Morgan fingerprint density at radius 3 is 2.82 bits per heavy atom. The van der Waals surface area contributed by atoms with E-state index in [1.807, 2.05) is 30.3 Å². The van der Waals surface area contributed by atoms with E-state index in [1.54, 1.807) is 6.92 Å². The summed E-state index contributed by atoms with van der Waals surface area (Å²) < 4.78 is 17.0. The maximum atomic E-state index is 12.8. The monoisotopic (exact) mass is 378 g/mol. The van der Waals surface area contributed by atoms with Gasteiger partial charge in [-0.1, -0.05) is 12.1 Å². The van der Waals surface area contributed by atoms with Gasteiger partial charge in [0.15, 0.2) is 23.0 Å². The maximum Gasteiger partial charge on any atom is 0.225 e. The van der Waals surface area contributed by atoms with Crippen LogP contribution in [0.4, 0.5) is 5.69 Å². The molecule has 1 saturated carbocycles. The van der Waals surface area contributed by atoms with Crippen molar-refractivity contribution in [2.75, 3.05) is 18.5 Å². The number of para-hydroxylation sites is 1. The van der Waals surface area contributed by atoms with E-state index < -0.39 is 0 Å². The van der Waals surface area contributed by atoms with Gasteiger partial charge in [-0.05, 0) is 54.5 Å². The summed E-state index contributed by atoms with van der Waals surface area (Å²) >= 11 is 0. The summed E-state index contributed by atoms with van der Waals surface area (Å²) in [4.78, 5) is 17.2. The van der Waals surface area contributed by atoms with Gasteiger partial charge in [-0.25, -0.2) is 4.98 Å². The van der Waals surface area contributed by atoms with Gasteiger partial charge in [0.2, 0.25) is 5.91 Å². The lowest BCUT2D eigenvalue weighted by atomic mass is 9.90. The number of nitrogens with zero attached hydrogens (tertiary/aromatic N) is 1. The van der Waals surface area contributed by atoms with Crippen molar-refractivity contribution >= 4 is 22.7 Å². The molecular weight excluding hydrogens is 356 g/mol. The molecule has 2 aromatic carbocycles. The molecule has 5 rings (SSSR count). The first kappa shape index (κ1) is 17.1. The van der Waals surface area contributed by atoms with Crippen LogP contribution in [0, 0.1) is 12.8 Å². The molecule has 1 amide bonds. The Labute approximate surface area is 162 Å². The summed E-state index contributed by atoms with van der Waals surface area (Å²) in [6.45, 7) is 2.94. The quantitative estimate of drug-likeness (QED) is 0.711. The van der Waals surface area contributed by atoms with Gasteiger partial charge in [0.25, 0.3) is 0 Å². The number of ether oxygens (including phenoxy) is 2. The van der Waals surface area contributed by atoms with Crippen molar-refractivity contribution in [2.24, 2.45) is 5.92 Å². The van der Waals surface area contributed by atoms with E-state index in [9.17, 15) is 4.79 Å². The number of aryl methyl sites for hydroxylation is 1. The zero-order valence-corrected chi connectivity index (χ0v) is 15.7. The van der Waals surface area contributed by atoms with Crippen molar-refractivity contribution in [1.82, 2.24) is 4.98 Å². The van der Waals surface area contributed by atoms with Gasteiger partial charge in [0.1, 0.15) is 18.7 Å². The molecule has 0 bridgehead atoms. The Morgan fingerprint density at radius 2 is 2.00 bits per heavy atom. The molecule has 6 heteroatoms. The van der Waals surface area contributed by atoms with Gasteiger partial charge in [0.05, 0.1) is 5.69 Å². The molecule has 3 aromatic rings. The highest BCUT2D eigenvalue weighted by Gasteiger charge is 2.34. The SMILES string of the molecule is Cc1nc2cccc(NC(=O)CC(c3ccc4c(c3)OCCO4)C3CC3)c2o1. The second-order valence-corrected chi connectivity index (χ2v) is 7.49. The molecule has 1 atom stereocenters. The van der Waals surface area contributed by atoms with Crippen molar-refractivity contribution < 1.29 is 18.7 Å².